The van der Waals surface area contributed by atoms with E-state index in [-0.39, 0.29) is 19.6 Å². The molecule has 1 atom stereocenters. The highest BCUT2D eigenvalue weighted by Crippen LogP contribution is 2.04. The van der Waals surface area contributed by atoms with Gasteiger partial charge in [-0.05, 0) is 12.8 Å². The fourth-order valence-electron chi connectivity index (χ4n) is 0.769. The second-order valence-corrected chi connectivity index (χ2v) is 2.39. The minimum atomic E-state index is -0.820. The SMILES string of the molecule is OCCC[C@H](CON(O)O)ON(O)O. The lowest BCUT2D eigenvalue weighted by Gasteiger charge is -2.18. The highest BCUT2D eigenvalue weighted by Gasteiger charge is 2.14. The van der Waals surface area contributed by atoms with Gasteiger partial charge in [-0.25, -0.2) is 9.68 Å². The molecule has 0 aliphatic rings. The number of hydrogen-bond acceptors (Lipinski definition) is 9. The van der Waals surface area contributed by atoms with Crippen molar-refractivity contribution in [1.82, 2.24) is 10.8 Å². The van der Waals surface area contributed by atoms with Gasteiger partial charge in [0, 0.05) is 6.61 Å². The van der Waals surface area contributed by atoms with Gasteiger partial charge in [-0.15, -0.1) is 0 Å². The molecule has 0 saturated carbocycles. The van der Waals surface area contributed by atoms with E-state index in [9.17, 15) is 0 Å². The Balaban J connectivity index is 3.72. The van der Waals surface area contributed by atoms with Gasteiger partial charge in [0.1, 0.15) is 12.7 Å². The van der Waals surface area contributed by atoms with Crippen LogP contribution in [0.1, 0.15) is 12.8 Å². The van der Waals surface area contributed by atoms with E-state index in [0.717, 1.165) is 0 Å². The molecule has 0 aromatic heterocycles. The first-order valence-electron chi connectivity index (χ1n) is 3.82. The van der Waals surface area contributed by atoms with Crippen LogP contribution in [-0.4, -0.2) is 56.0 Å². The molecule has 9 nitrogen and oxygen atoms in total. The predicted molar refractivity (Wildman–Crippen MR) is 38.0 cm³/mol. The van der Waals surface area contributed by atoms with E-state index < -0.39 is 16.9 Å². The summed E-state index contributed by atoms with van der Waals surface area (Å²) in [4.78, 5) is 8.55. The van der Waals surface area contributed by atoms with Crippen LogP contribution in [0.2, 0.25) is 0 Å². The number of aliphatic hydroxyl groups excluding tert-OH is 1. The molecule has 0 rings (SSSR count). The number of rotatable bonds is 8. The summed E-state index contributed by atoms with van der Waals surface area (Å²) in [5.41, 5.74) is 0. The fourth-order valence-corrected chi connectivity index (χ4v) is 0.769. The van der Waals surface area contributed by atoms with Crippen LogP contribution in [0.15, 0.2) is 0 Å². The van der Waals surface area contributed by atoms with Crippen molar-refractivity contribution in [2.45, 2.75) is 18.9 Å². The maximum atomic E-state index is 8.48. The maximum absolute atomic E-state index is 8.48. The van der Waals surface area contributed by atoms with E-state index in [1.807, 2.05) is 0 Å². The minimum Gasteiger partial charge on any atom is -0.396 e. The van der Waals surface area contributed by atoms with E-state index in [1.165, 1.54) is 0 Å². The van der Waals surface area contributed by atoms with Crippen LogP contribution >= 0.6 is 0 Å². The molecule has 0 heterocycles. The van der Waals surface area contributed by atoms with Crippen LogP contribution in [0.25, 0.3) is 0 Å². The molecule has 0 aromatic rings. The zero-order valence-corrected chi connectivity index (χ0v) is 7.35. The Kier molecular flexibility index (Phi) is 7.78. The van der Waals surface area contributed by atoms with Crippen LogP contribution in [0, 0.1) is 0 Å². The Bertz CT molecular complexity index is 133. The van der Waals surface area contributed by atoms with E-state index >= 15 is 0 Å². The lowest BCUT2D eigenvalue weighted by Crippen LogP contribution is -2.31. The standard InChI is InChI=1S/C5H14N2O7/c8-3-1-2-5(14-7(11)12)4-13-6(9)10/h5,8-12H,1-4H2/t5-/m1/s1. The first kappa shape index (κ1) is 13.6. The van der Waals surface area contributed by atoms with Crippen molar-refractivity contribution in [3.8, 4) is 0 Å². The fraction of sp³-hybridized carbons (Fsp3) is 1.00. The first-order chi connectivity index (χ1) is 6.56. The van der Waals surface area contributed by atoms with Crippen LogP contribution < -0.4 is 0 Å². The van der Waals surface area contributed by atoms with Crippen molar-refractivity contribution in [3.63, 3.8) is 0 Å². The molecular formula is C5H14N2O7. The maximum Gasteiger partial charge on any atom is 0.110 e. The van der Waals surface area contributed by atoms with E-state index in [4.69, 9.17) is 25.9 Å². The Morgan fingerprint density at radius 3 is 2.14 bits per heavy atom. The average molecular weight is 214 g/mol. The summed E-state index contributed by atoms with van der Waals surface area (Å²) in [6.07, 6.45) is -0.223. The summed E-state index contributed by atoms with van der Waals surface area (Å²) in [5, 5.41) is 40.4. The number of nitrogens with zero attached hydrogens (tertiary/aromatic N) is 2. The molecule has 0 aromatic carbocycles. The molecule has 0 saturated heterocycles. The molecule has 0 aliphatic carbocycles. The molecule has 0 amide bonds. The lowest BCUT2D eigenvalue weighted by atomic mass is 10.2. The van der Waals surface area contributed by atoms with Crippen LogP contribution in [0.3, 0.4) is 0 Å². The third-order valence-corrected chi connectivity index (χ3v) is 1.30. The predicted octanol–water partition coefficient (Wildman–Crippen LogP) is -0.848. The monoisotopic (exact) mass is 214 g/mol. The molecule has 0 spiro atoms. The van der Waals surface area contributed by atoms with Gasteiger partial charge in [0.25, 0.3) is 0 Å². The van der Waals surface area contributed by atoms with Crippen molar-refractivity contribution in [2.75, 3.05) is 13.2 Å². The van der Waals surface area contributed by atoms with Gasteiger partial charge in [0.15, 0.2) is 0 Å². The third kappa shape index (κ3) is 8.25. The van der Waals surface area contributed by atoms with Gasteiger partial charge in [0.05, 0.1) is 10.8 Å². The van der Waals surface area contributed by atoms with Crippen molar-refractivity contribution < 1.29 is 35.6 Å². The van der Waals surface area contributed by atoms with Gasteiger partial charge in [-0.3, -0.25) is 20.8 Å². The second kappa shape index (κ2) is 7.99. The summed E-state index contributed by atoms with van der Waals surface area (Å²) >= 11 is 0. The summed E-state index contributed by atoms with van der Waals surface area (Å²) in [5.74, 6) is 0. The van der Waals surface area contributed by atoms with Crippen molar-refractivity contribution in [1.29, 1.82) is 0 Å². The molecule has 9 heteroatoms. The van der Waals surface area contributed by atoms with Crippen LogP contribution in [0.4, 0.5) is 0 Å². The summed E-state index contributed by atoms with van der Waals surface area (Å²) in [7, 11) is 0. The summed E-state index contributed by atoms with van der Waals surface area (Å²) in [6, 6.07) is 0. The van der Waals surface area contributed by atoms with Crippen LogP contribution in [-0.2, 0) is 9.68 Å². The second-order valence-electron chi connectivity index (χ2n) is 2.39. The molecular weight excluding hydrogens is 200 g/mol. The number of aliphatic hydroxyl groups is 1. The van der Waals surface area contributed by atoms with Gasteiger partial charge >= 0.3 is 0 Å². The molecule has 0 bridgehead atoms. The normalized spacial score (nSPS) is 13.9. The molecule has 0 fully saturated rings. The number of hydrogen-bond donors (Lipinski definition) is 5. The molecule has 86 valence electrons. The van der Waals surface area contributed by atoms with Gasteiger partial charge in [-0.1, -0.05) is 0 Å². The minimum absolute atomic E-state index is 0.0985. The molecule has 0 unspecified atom stereocenters. The Morgan fingerprint density at radius 1 is 1.07 bits per heavy atom. The Morgan fingerprint density at radius 2 is 1.71 bits per heavy atom. The molecule has 0 radical (unpaired) electrons. The van der Waals surface area contributed by atoms with Crippen molar-refractivity contribution in [2.24, 2.45) is 0 Å². The zero-order chi connectivity index (χ0) is 11.0. The highest BCUT2D eigenvalue weighted by atomic mass is 17.1. The quantitative estimate of drug-likeness (QED) is 0.328. The summed E-state index contributed by atoms with van der Waals surface area (Å²) < 4.78 is 0. The first-order valence-corrected chi connectivity index (χ1v) is 3.82. The van der Waals surface area contributed by atoms with E-state index in [0.29, 0.717) is 6.42 Å². The van der Waals surface area contributed by atoms with Gasteiger partial charge < -0.3 is 5.11 Å². The Labute approximate surface area is 79.6 Å². The Hall–Kier alpha value is -0.360. The van der Waals surface area contributed by atoms with Crippen molar-refractivity contribution >= 4 is 0 Å². The highest BCUT2D eigenvalue weighted by molar-refractivity contribution is 4.54. The van der Waals surface area contributed by atoms with Gasteiger partial charge in [-0.2, -0.15) is 0 Å². The van der Waals surface area contributed by atoms with Crippen molar-refractivity contribution in [3.05, 3.63) is 0 Å². The molecule has 0 aliphatic heterocycles. The van der Waals surface area contributed by atoms with Gasteiger partial charge in [0.2, 0.25) is 0 Å². The average Bonchev–Trinajstić information content (AvgIpc) is 2.09. The lowest BCUT2D eigenvalue weighted by molar-refractivity contribution is -0.527. The molecule has 5 N–H and O–H groups in total. The summed E-state index contributed by atoms with van der Waals surface area (Å²) in [6.45, 7) is -0.413. The molecule has 14 heavy (non-hydrogen) atoms. The zero-order valence-electron chi connectivity index (χ0n) is 7.35. The van der Waals surface area contributed by atoms with E-state index in [1.54, 1.807) is 0 Å². The van der Waals surface area contributed by atoms with E-state index in [2.05, 4.69) is 9.68 Å². The third-order valence-electron chi connectivity index (χ3n) is 1.30. The largest absolute Gasteiger partial charge is 0.396 e. The topological polar surface area (TPSA) is 126 Å². The smallest absolute Gasteiger partial charge is 0.110 e. The van der Waals surface area contributed by atoms with Crippen LogP contribution in [0.5, 0.6) is 0 Å².